The van der Waals surface area contributed by atoms with Crippen LogP contribution >= 0.6 is 0 Å². The topological polar surface area (TPSA) is 78.3 Å². The number of aromatic nitrogens is 2. The van der Waals surface area contributed by atoms with E-state index in [0.29, 0.717) is 25.7 Å². The number of carboxylic acid groups (broad SMARTS) is 1. The van der Waals surface area contributed by atoms with Gasteiger partial charge in [0, 0.05) is 19.6 Å². The third-order valence-electron chi connectivity index (χ3n) is 5.82. The van der Waals surface area contributed by atoms with Crippen LogP contribution in [0.2, 0.25) is 0 Å². The Kier molecular flexibility index (Phi) is 4.94. The monoisotopic (exact) mass is 379 g/mol. The van der Waals surface area contributed by atoms with E-state index in [1.54, 1.807) is 0 Å². The van der Waals surface area contributed by atoms with Gasteiger partial charge in [0.25, 0.3) is 0 Å². The first-order valence-corrected chi connectivity index (χ1v) is 9.75. The van der Waals surface area contributed by atoms with Crippen LogP contribution in [-0.4, -0.2) is 27.7 Å². The lowest BCUT2D eigenvalue weighted by Gasteiger charge is -2.27. The van der Waals surface area contributed by atoms with Crippen molar-refractivity contribution in [2.45, 2.75) is 38.3 Å². The number of hydrogen-bond donors (Lipinski definition) is 2. The lowest BCUT2D eigenvalue weighted by Crippen LogP contribution is -2.28. The quantitative estimate of drug-likeness (QED) is 0.707. The number of carboxylic acids is 1. The molecular formula is C22H25N3O3. The van der Waals surface area contributed by atoms with E-state index in [1.165, 1.54) is 5.56 Å². The zero-order valence-electron chi connectivity index (χ0n) is 16.0. The van der Waals surface area contributed by atoms with Crippen molar-refractivity contribution in [3.8, 4) is 0 Å². The second-order valence-corrected chi connectivity index (χ2v) is 7.66. The largest absolute Gasteiger partial charge is 0.481 e. The smallest absolute Gasteiger partial charge is 0.326 e. The molecule has 1 fully saturated rings. The first kappa shape index (κ1) is 18.3. The minimum Gasteiger partial charge on any atom is -0.481 e. The number of carbonyl (C=O) groups is 1. The number of fused-ring (bicyclic) bond motifs is 1. The van der Waals surface area contributed by atoms with Gasteiger partial charge in [-0.15, -0.1) is 0 Å². The number of hydrogen-bond acceptors (Lipinski definition) is 3. The van der Waals surface area contributed by atoms with Gasteiger partial charge in [-0.05, 0) is 43.4 Å². The molecule has 1 aromatic heterocycles. The van der Waals surface area contributed by atoms with Crippen LogP contribution in [0.25, 0.3) is 11.0 Å². The van der Waals surface area contributed by atoms with Gasteiger partial charge in [-0.25, -0.2) is 4.79 Å². The van der Waals surface area contributed by atoms with Crippen LogP contribution in [0.4, 0.5) is 5.69 Å². The molecule has 1 saturated carbocycles. The Morgan fingerprint density at radius 2 is 1.82 bits per heavy atom. The van der Waals surface area contributed by atoms with Gasteiger partial charge in [0.15, 0.2) is 0 Å². The van der Waals surface area contributed by atoms with Crippen LogP contribution in [0.3, 0.4) is 0 Å². The van der Waals surface area contributed by atoms with Gasteiger partial charge >= 0.3 is 11.7 Å². The van der Waals surface area contributed by atoms with Crippen molar-refractivity contribution in [3.05, 3.63) is 64.6 Å². The Balaban J connectivity index is 1.64. The molecule has 3 aromatic rings. The third kappa shape index (κ3) is 3.42. The number of nitrogens with zero attached hydrogens (tertiary/aromatic N) is 2. The van der Waals surface area contributed by atoms with Crippen LogP contribution in [0.15, 0.2) is 53.3 Å². The molecule has 6 heteroatoms. The molecule has 2 aromatic carbocycles. The maximum Gasteiger partial charge on any atom is 0.326 e. The van der Waals surface area contributed by atoms with Crippen LogP contribution in [0.1, 0.15) is 37.3 Å². The number of aromatic amines is 1. The van der Waals surface area contributed by atoms with Gasteiger partial charge in [0.05, 0.1) is 22.6 Å². The van der Waals surface area contributed by atoms with Crippen LogP contribution in [0, 0.1) is 5.92 Å². The highest BCUT2D eigenvalue weighted by Crippen LogP contribution is 2.34. The number of nitrogens with one attached hydrogen (secondary N) is 1. The Hall–Kier alpha value is -3.02. The molecule has 6 nitrogen and oxygen atoms in total. The van der Waals surface area contributed by atoms with E-state index in [-0.39, 0.29) is 17.6 Å². The van der Waals surface area contributed by atoms with E-state index < -0.39 is 5.97 Å². The average Bonchev–Trinajstić information content (AvgIpc) is 3.04. The summed E-state index contributed by atoms with van der Waals surface area (Å²) in [6.45, 7) is 0.747. The molecule has 1 aliphatic carbocycles. The molecule has 28 heavy (non-hydrogen) atoms. The summed E-state index contributed by atoms with van der Waals surface area (Å²) in [5, 5.41) is 9.22. The van der Waals surface area contributed by atoms with Gasteiger partial charge in [0.1, 0.15) is 0 Å². The minimum absolute atomic E-state index is 0.0477. The van der Waals surface area contributed by atoms with E-state index in [2.05, 4.69) is 22.0 Å². The minimum atomic E-state index is -0.727. The van der Waals surface area contributed by atoms with Gasteiger partial charge in [-0.1, -0.05) is 36.4 Å². The van der Waals surface area contributed by atoms with Gasteiger partial charge in [-0.2, -0.15) is 0 Å². The number of benzene rings is 2. The van der Waals surface area contributed by atoms with Crippen molar-refractivity contribution in [1.82, 2.24) is 9.55 Å². The lowest BCUT2D eigenvalue weighted by atomic mass is 9.86. The predicted octanol–water partition coefficient (Wildman–Crippen LogP) is 3.78. The molecule has 0 saturated heterocycles. The average molecular weight is 379 g/mol. The highest BCUT2D eigenvalue weighted by atomic mass is 16.4. The number of H-pyrrole nitrogens is 1. The number of imidazole rings is 1. The van der Waals surface area contributed by atoms with E-state index in [1.807, 2.05) is 48.0 Å². The molecule has 4 rings (SSSR count). The maximum absolute atomic E-state index is 12.8. The predicted molar refractivity (Wildman–Crippen MR) is 110 cm³/mol. The fourth-order valence-corrected chi connectivity index (χ4v) is 4.34. The summed E-state index contributed by atoms with van der Waals surface area (Å²) < 4.78 is 1.83. The van der Waals surface area contributed by atoms with Gasteiger partial charge < -0.3 is 15.0 Å². The van der Waals surface area contributed by atoms with Gasteiger partial charge in [-0.3, -0.25) is 9.36 Å². The molecule has 0 unspecified atom stereocenters. The fraction of sp³-hybridized carbons (Fsp3) is 0.364. The van der Waals surface area contributed by atoms with Crippen molar-refractivity contribution in [1.29, 1.82) is 0 Å². The van der Waals surface area contributed by atoms with Gasteiger partial charge in [0.2, 0.25) is 0 Å². The SMILES string of the molecule is CN(Cc1ccccc1)c1cccc2c1[nH]c(=O)n2C1CCC(C(=O)O)CC1. The first-order valence-electron chi connectivity index (χ1n) is 9.75. The highest BCUT2D eigenvalue weighted by Gasteiger charge is 2.28. The number of para-hydroxylation sites is 1. The number of anilines is 1. The lowest BCUT2D eigenvalue weighted by molar-refractivity contribution is -0.143. The molecule has 0 aliphatic heterocycles. The van der Waals surface area contributed by atoms with Crippen LogP contribution in [-0.2, 0) is 11.3 Å². The Labute approximate surface area is 163 Å². The Morgan fingerprint density at radius 1 is 1.11 bits per heavy atom. The first-order chi connectivity index (χ1) is 13.5. The second-order valence-electron chi connectivity index (χ2n) is 7.66. The molecule has 1 aliphatic rings. The standard InChI is InChI=1S/C22H25N3O3/c1-24(14-15-6-3-2-4-7-15)18-8-5-9-19-20(18)23-22(28)25(19)17-12-10-16(11-13-17)21(26)27/h2-9,16-17H,10-14H2,1H3,(H,23,28)(H,26,27). The van der Waals surface area contributed by atoms with Crippen molar-refractivity contribution in [3.63, 3.8) is 0 Å². The Bertz CT molecular complexity index is 1030. The normalized spacial score (nSPS) is 19.6. The summed E-state index contributed by atoms with van der Waals surface area (Å²) in [5.41, 5.74) is 3.80. The molecular weight excluding hydrogens is 354 g/mol. The summed E-state index contributed by atoms with van der Waals surface area (Å²) in [6.07, 6.45) is 2.67. The molecule has 2 N–H and O–H groups in total. The maximum atomic E-state index is 12.8. The number of aliphatic carboxylic acids is 1. The summed E-state index contributed by atoms with van der Waals surface area (Å²) in [5.74, 6) is -1.01. The van der Waals surface area contributed by atoms with Crippen LogP contribution < -0.4 is 10.6 Å². The van der Waals surface area contributed by atoms with Crippen molar-refractivity contribution in [2.24, 2.45) is 5.92 Å². The third-order valence-corrected chi connectivity index (χ3v) is 5.82. The van der Waals surface area contributed by atoms with Crippen molar-refractivity contribution >= 4 is 22.7 Å². The molecule has 1 heterocycles. The van der Waals surface area contributed by atoms with E-state index in [0.717, 1.165) is 23.3 Å². The zero-order valence-corrected chi connectivity index (χ0v) is 16.0. The molecule has 0 radical (unpaired) electrons. The molecule has 146 valence electrons. The summed E-state index contributed by atoms with van der Waals surface area (Å²) in [7, 11) is 2.02. The summed E-state index contributed by atoms with van der Waals surface area (Å²) in [4.78, 5) is 29.2. The second kappa shape index (κ2) is 7.54. The molecule has 0 spiro atoms. The molecule has 0 bridgehead atoms. The fourth-order valence-electron chi connectivity index (χ4n) is 4.34. The number of rotatable bonds is 5. The van der Waals surface area contributed by atoms with Crippen molar-refractivity contribution < 1.29 is 9.90 Å². The summed E-state index contributed by atoms with van der Waals surface area (Å²) >= 11 is 0. The van der Waals surface area contributed by atoms with E-state index in [9.17, 15) is 14.7 Å². The molecule has 0 amide bonds. The van der Waals surface area contributed by atoms with Crippen molar-refractivity contribution in [2.75, 3.05) is 11.9 Å². The summed E-state index contributed by atoms with van der Waals surface area (Å²) in [6, 6.07) is 16.2. The highest BCUT2D eigenvalue weighted by molar-refractivity contribution is 5.89. The Morgan fingerprint density at radius 3 is 2.50 bits per heavy atom. The van der Waals surface area contributed by atoms with Crippen LogP contribution in [0.5, 0.6) is 0 Å². The van der Waals surface area contributed by atoms with E-state index >= 15 is 0 Å². The van der Waals surface area contributed by atoms with E-state index in [4.69, 9.17) is 0 Å². The zero-order chi connectivity index (χ0) is 19.7. The molecule has 0 atom stereocenters.